The number of carbonyl (C=O) groups is 3. The number of piperazine rings is 1. The molecular formula is C24H28N4O5. The molecule has 0 saturated carbocycles. The van der Waals surface area contributed by atoms with Gasteiger partial charge in [0.05, 0.1) is 18.6 Å². The van der Waals surface area contributed by atoms with Crippen molar-refractivity contribution in [2.75, 3.05) is 19.7 Å². The number of benzene rings is 2. The van der Waals surface area contributed by atoms with E-state index in [1.807, 2.05) is 6.07 Å². The summed E-state index contributed by atoms with van der Waals surface area (Å²) in [7, 11) is 0. The topological polar surface area (TPSA) is 146 Å². The van der Waals surface area contributed by atoms with E-state index in [0.717, 1.165) is 0 Å². The number of nitrogens with zero attached hydrogens (tertiary/aromatic N) is 1. The predicted octanol–water partition coefficient (Wildman–Crippen LogP) is 1.85. The van der Waals surface area contributed by atoms with E-state index in [2.05, 4.69) is 5.32 Å². The molecule has 3 rings (SSSR count). The molecular weight excluding hydrogens is 424 g/mol. The summed E-state index contributed by atoms with van der Waals surface area (Å²) >= 11 is 0. The summed E-state index contributed by atoms with van der Waals surface area (Å²) in [6.07, 6.45) is 1.27. The minimum atomic E-state index is -1.13. The van der Waals surface area contributed by atoms with Crippen LogP contribution in [0, 0.1) is 5.41 Å². The minimum Gasteiger partial charge on any atom is -0.494 e. The Morgan fingerprint density at radius 1 is 1.12 bits per heavy atom. The number of aliphatic carboxylic acids is 1. The highest BCUT2D eigenvalue weighted by Crippen LogP contribution is 2.38. The van der Waals surface area contributed by atoms with Crippen LogP contribution in [0.4, 0.5) is 0 Å². The summed E-state index contributed by atoms with van der Waals surface area (Å²) in [5.41, 5.74) is 5.62. The molecule has 174 valence electrons. The van der Waals surface area contributed by atoms with Crippen molar-refractivity contribution in [3.05, 3.63) is 65.7 Å². The lowest BCUT2D eigenvalue weighted by Gasteiger charge is -2.45. The van der Waals surface area contributed by atoms with E-state index in [9.17, 15) is 19.5 Å². The molecule has 1 saturated heterocycles. The third-order valence-corrected chi connectivity index (χ3v) is 5.75. The number of carboxylic acid groups (broad SMARTS) is 1. The fourth-order valence-corrected chi connectivity index (χ4v) is 4.15. The van der Waals surface area contributed by atoms with Crippen LogP contribution in [0.15, 0.2) is 54.6 Å². The van der Waals surface area contributed by atoms with Crippen molar-refractivity contribution in [2.24, 2.45) is 5.73 Å². The zero-order chi connectivity index (χ0) is 23.8. The fourth-order valence-electron chi connectivity index (χ4n) is 4.15. The van der Waals surface area contributed by atoms with Gasteiger partial charge in [-0.3, -0.25) is 19.8 Å². The number of amides is 2. The lowest BCUT2D eigenvalue weighted by Crippen LogP contribution is -2.60. The number of ether oxygens (including phenoxy) is 1. The quantitative estimate of drug-likeness (QED) is 0.177. The Bertz CT molecular complexity index is 1010. The summed E-state index contributed by atoms with van der Waals surface area (Å²) in [6.45, 7) is 0.912. The average molecular weight is 453 g/mol. The van der Waals surface area contributed by atoms with Crippen LogP contribution in [0.1, 0.15) is 36.8 Å². The first kappa shape index (κ1) is 23.8. The van der Waals surface area contributed by atoms with Crippen molar-refractivity contribution < 1.29 is 24.2 Å². The van der Waals surface area contributed by atoms with Gasteiger partial charge >= 0.3 is 17.8 Å². The molecule has 9 heteroatoms. The SMILES string of the molecule is N=C(N)c1ccc(OCCCCC(CC(=O)O)(c2ccccc2)N2CCNC(=O)C2=O)cc1. The maximum absolute atomic E-state index is 12.7. The van der Waals surface area contributed by atoms with Crippen LogP contribution in [0.2, 0.25) is 0 Å². The average Bonchev–Trinajstić information content (AvgIpc) is 2.80. The molecule has 0 radical (unpaired) electrons. The largest absolute Gasteiger partial charge is 0.494 e. The molecule has 2 aromatic carbocycles. The van der Waals surface area contributed by atoms with E-state index >= 15 is 0 Å². The molecule has 2 amide bonds. The number of unbranched alkanes of at least 4 members (excludes halogenated alkanes) is 1. The first-order chi connectivity index (χ1) is 15.8. The van der Waals surface area contributed by atoms with Gasteiger partial charge in [-0.1, -0.05) is 30.3 Å². The number of carbonyl (C=O) groups excluding carboxylic acids is 2. The zero-order valence-corrected chi connectivity index (χ0v) is 18.3. The van der Waals surface area contributed by atoms with Gasteiger partial charge in [0.2, 0.25) is 0 Å². The zero-order valence-electron chi connectivity index (χ0n) is 18.3. The van der Waals surface area contributed by atoms with Crippen LogP contribution < -0.4 is 15.8 Å². The van der Waals surface area contributed by atoms with E-state index < -0.39 is 23.3 Å². The number of nitrogen functional groups attached to an aromatic ring is 1. The lowest BCUT2D eigenvalue weighted by molar-refractivity contribution is -0.157. The van der Waals surface area contributed by atoms with Crippen LogP contribution in [0.25, 0.3) is 0 Å². The smallest absolute Gasteiger partial charge is 0.312 e. The second kappa shape index (κ2) is 10.6. The van der Waals surface area contributed by atoms with Crippen molar-refractivity contribution >= 4 is 23.6 Å². The van der Waals surface area contributed by atoms with Gasteiger partial charge in [0.25, 0.3) is 0 Å². The first-order valence-corrected chi connectivity index (χ1v) is 10.8. The van der Waals surface area contributed by atoms with Gasteiger partial charge in [-0.25, -0.2) is 0 Å². The molecule has 9 nitrogen and oxygen atoms in total. The maximum Gasteiger partial charge on any atom is 0.312 e. The third kappa shape index (κ3) is 5.68. The third-order valence-electron chi connectivity index (χ3n) is 5.75. The number of hydrogen-bond acceptors (Lipinski definition) is 5. The van der Waals surface area contributed by atoms with E-state index in [1.165, 1.54) is 4.90 Å². The van der Waals surface area contributed by atoms with Crippen LogP contribution in [-0.2, 0) is 19.9 Å². The van der Waals surface area contributed by atoms with Crippen LogP contribution >= 0.6 is 0 Å². The van der Waals surface area contributed by atoms with Gasteiger partial charge in [-0.15, -0.1) is 0 Å². The van der Waals surface area contributed by atoms with Gasteiger partial charge in [0.15, 0.2) is 0 Å². The van der Waals surface area contributed by atoms with Crippen molar-refractivity contribution in [2.45, 2.75) is 31.2 Å². The summed E-state index contributed by atoms with van der Waals surface area (Å²) < 4.78 is 5.75. The summed E-state index contributed by atoms with van der Waals surface area (Å²) in [6, 6.07) is 15.9. The van der Waals surface area contributed by atoms with Gasteiger partial charge in [0.1, 0.15) is 11.6 Å². The van der Waals surface area contributed by atoms with Crippen molar-refractivity contribution in [1.82, 2.24) is 10.2 Å². The summed E-state index contributed by atoms with van der Waals surface area (Å²) in [5, 5.41) is 19.7. The molecule has 5 N–H and O–H groups in total. The maximum atomic E-state index is 12.7. The second-order valence-corrected chi connectivity index (χ2v) is 7.92. The Hall–Kier alpha value is -3.88. The van der Waals surface area contributed by atoms with Gasteiger partial charge in [-0.05, 0) is 49.1 Å². The van der Waals surface area contributed by atoms with Crippen molar-refractivity contribution in [1.29, 1.82) is 5.41 Å². The molecule has 33 heavy (non-hydrogen) atoms. The normalized spacial score (nSPS) is 15.5. The van der Waals surface area contributed by atoms with E-state index in [1.54, 1.807) is 48.5 Å². The van der Waals surface area contributed by atoms with E-state index in [-0.39, 0.29) is 25.3 Å². The Morgan fingerprint density at radius 2 is 1.82 bits per heavy atom. The molecule has 1 atom stereocenters. The van der Waals surface area contributed by atoms with Gasteiger partial charge in [0, 0.05) is 18.7 Å². The monoisotopic (exact) mass is 452 g/mol. The number of nitrogens with one attached hydrogen (secondary N) is 2. The molecule has 1 heterocycles. The number of amidine groups is 1. The van der Waals surface area contributed by atoms with Gasteiger partial charge < -0.3 is 25.8 Å². The van der Waals surface area contributed by atoms with Crippen molar-refractivity contribution in [3.8, 4) is 5.75 Å². The fraction of sp³-hybridized carbons (Fsp3) is 0.333. The number of carboxylic acids is 1. The Morgan fingerprint density at radius 3 is 2.45 bits per heavy atom. The molecule has 1 aliphatic rings. The highest BCUT2D eigenvalue weighted by molar-refractivity contribution is 6.35. The Kier molecular flexibility index (Phi) is 7.66. The standard InChI is InChI=1S/C24H28N4O5/c25-21(26)17-8-10-19(11-9-17)33-15-5-4-12-24(16-20(29)30,18-6-2-1-3-7-18)28-14-13-27-22(31)23(28)32/h1-3,6-11H,4-5,12-16H2,(H3,25,26)(H,27,31)(H,29,30). The molecule has 2 aromatic rings. The highest BCUT2D eigenvalue weighted by Gasteiger charge is 2.45. The van der Waals surface area contributed by atoms with E-state index in [4.69, 9.17) is 15.9 Å². The Labute approximate surface area is 192 Å². The molecule has 1 aliphatic heterocycles. The Balaban J connectivity index is 1.73. The first-order valence-electron chi connectivity index (χ1n) is 10.8. The molecule has 0 bridgehead atoms. The molecule has 0 aliphatic carbocycles. The van der Waals surface area contributed by atoms with Crippen LogP contribution in [0.3, 0.4) is 0 Å². The van der Waals surface area contributed by atoms with Crippen LogP contribution in [0.5, 0.6) is 5.75 Å². The second-order valence-electron chi connectivity index (χ2n) is 7.92. The highest BCUT2D eigenvalue weighted by atomic mass is 16.5. The predicted molar refractivity (Wildman–Crippen MR) is 122 cm³/mol. The summed E-state index contributed by atoms with van der Waals surface area (Å²) in [4.78, 5) is 38.1. The van der Waals surface area contributed by atoms with Crippen molar-refractivity contribution in [3.63, 3.8) is 0 Å². The molecule has 0 spiro atoms. The lowest BCUT2D eigenvalue weighted by atomic mass is 9.79. The minimum absolute atomic E-state index is 0.0156. The van der Waals surface area contributed by atoms with Crippen LogP contribution in [-0.4, -0.2) is 53.3 Å². The number of hydrogen-bond donors (Lipinski definition) is 4. The molecule has 1 fully saturated rings. The molecule has 1 unspecified atom stereocenters. The summed E-state index contributed by atoms with van der Waals surface area (Å²) in [5.74, 6) is -1.85. The van der Waals surface area contributed by atoms with E-state index in [0.29, 0.717) is 42.7 Å². The van der Waals surface area contributed by atoms with Gasteiger partial charge in [-0.2, -0.15) is 0 Å². The molecule has 0 aromatic heterocycles. The number of nitrogens with two attached hydrogens (primary N) is 1. The number of rotatable bonds is 11.